The Morgan fingerprint density at radius 3 is 2.59 bits per heavy atom. The van der Waals surface area contributed by atoms with E-state index in [1.54, 1.807) is 6.26 Å². The maximum atomic E-state index is 12.5. The number of furan rings is 1. The normalized spacial score (nSPS) is 19.5. The van der Waals surface area contributed by atoms with E-state index in [0.717, 1.165) is 29.7 Å². The van der Waals surface area contributed by atoms with Crippen LogP contribution in [0.15, 0.2) is 34.9 Å². The molecule has 0 aliphatic heterocycles. The summed E-state index contributed by atoms with van der Waals surface area (Å²) in [6, 6.07) is 7.71. The topological polar surface area (TPSA) is 42.2 Å². The Balaban J connectivity index is 1.86. The largest absolute Gasteiger partial charge is 0.469 e. The van der Waals surface area contributed by atoms with Gasteiger partial charge in [-0.25, -0.2) is 0 Å². The number of nitrogens with one attached hydrogen (secondary N) is 1. The summed E-state index contributed by atoms with van der Waals surface area (Å²) >= 11 is 0. The van der Waals surface area contributed by atoms with Crippen molar-refractivity contribution in [1.29, 1.82) is 0 Å². The van der Waals surface area contributed by atoms with Crippen molar-refractivity contribution in [3.8, 4) is 0 Å². The summed E-state index contributed by atoms with van der Waals surface area (Å²) in [6.45, 7) is 8.51. The third kappa shape index (κ3) is 2.80. The SMILES string of the molecule is Cc1ccc(C(=O)NC2CC(C)(C)Cc3occ(C)c32)cc1. The second-order valence-electron chi connectivity index (χ2n) is 7.19. The molecule has 1 aromatic heterocycles. The minimum absolute atomic E-state index is 0.0192. The van der Waals surface area contributed by atoms with Gasteiger partial charge in [0.05, 0.1) is 12.3 Å². The molecule has 0 saturated carbocycles. The average molecular weight is 297 g/mol. The molecule has 3 heteroatoms. The van der Waals surface area contributed by atoms with Gasteiger partial charge in [-0.15, -0.1) is 0 Å². The van der Waals surface area contributed by atoms with Crippen LogP contribution in [0.1, 0.15) is 59.1 Å². The Labute approximate surface area is 131 Å². The molecule has 1 heterocycles. The van der Waals surface area contributed by atoms with E-state index in [4.69, 9.17) is 4.42 Å². The number of benzene rings is 1. The van der Waals surface area contributed by atoms with Crippen molar-refractivity contribution < 1.29 is 9.21 Å². The number of amides is 1. The summed E-state index contributed by atoms with van der Waals surface area (Å²) < 4.78 is 5.70. The molecule has 22 heavy (non-hydrogen) atoms. The maximum Gasteiger partial charge on any atom is 0.251 e. The number of rotatable bonds is 2. The molecule has 1 N–H and O–H groups in total. The molecule has 3 nitrogen and oxygen atoms in total. The van der Waals surface area contributed by atoms with Crippen LogP contribution in [0, 0.1) is 19.3 Å². The first-order valence-corrected chi connectivity index (χ1v) is 7.80. The molecule has 1 atom stereocenters. The Morgan fingerprint density at radius 1 is 1.23 bits per heavy atom. The maximum absolute atomic E-state index is 12.5. The summed E-state index contributed by atoms with van der Waals surface area (Å²) in [5, 5.41) is 3.19. The highest BCUT2D eigenvalue weighted by atomic mass is 16.3. The highest BCUT2D eigenvalue weighted by Gasteiger charge is 2.36. The van der Waals surface area contributed by atoms with Crippen LogP contribution in [-0.2, 0) is 6.42 Å². The third-order valence-corrected chi connectivity index (χ3v) is 4.47. The lowest BCUT2D eigenvalue weighted by atomic mass is 9.74. The van der Waals surface area contributed by atoms with Gasteiger partial charge < -0.3 is 9.73 Å². The van der Waals surface area contributed by atoms with E-state index in [2.05, 4.69) is 19.2 Å². The number of carbonyl (C=O) groups is 1. The van der Waals surface area contributed by atoms with Gasteiger partial charge in [-0.3, -0.25) is 4.79 Å². The Kier molecular flexibility index (Phi) is 3.59. The number of carbonyl (C=O) groups excluding carboxylic acids is 1. The molecule has 1 amide bonds. The highest BCUT2D eigenvalue weighted by Crippen LogP contribution is 2.42. The predicted octanol–water partition coefficient (Wildman–Crippen LogP) is 4.34. The Bertz CT molecular complexity index is 695. The summed E-state index contributed by atoms with van der Waals surface area (Å²) in [5.74, 6) is 0.997. The molecule has 0 radical (unpaired) electrons. The van der Waals surface area contributed by atoms with Crippen molar-refractivity contribution in [2.75, 3.05) is 0 Å². The van der Waals surface area contributed by atoms with Crippen molar-refractivity contribution >= 4 is 5.91 Å². The molecule has 0 spiro atoms. The zero-order chi connectivity index (χ0) is 15.9. The molecule has 1 aromatic carbocycles. The van der Waals surface area contributed by atoms with Gasteiger partial charge in [0, 0.05) is 17.5 Å². The molecule has 0 bridgehead atoms. The van der Waals surface area contributed by atoms with Crippen molar-refractivity contribution in [2.24, 2.45) is 5.41 Å². The van der Waals surface area contributed by atoms with E-state index in [1.165, 1.54) is 5.56 Å². The molecule has 1 aliphatic carbocycles. The lowest BCUT2D eigenvalue weighted by Crippen LogP contribution is -2.36. The van der Waals surface area contributed by atoms with Gasteiger partial charge >= 0.3 is 0 Å². The van der Waals surface area contributed by atoms with Gasteiger partial charge in [-0.05, 0) is 43.4 Å². The quantitative estimate of drug-likeness (QED) is 0.896. The second-order valence-corrected chi connectivity index (χ2v) is 7.19. The van der Waals surface area contributed by atoms with E-state index >= 15 is 0 Å². The number of fused-ring (bicyclic) bond motifs is 1. The number of hydrogen-bond donors (Lipinski definition) is 1. The van der Waals surface area contributed by atoms with Gasteiger partial charge in [0.1, 0.15) is 5.76 Å². The molecule has 1 aliphatic rings. The van der Waals surface area contributed by atoms with E-state index < -0.39 is 0 Å². The first-order valence-electron chi connectivity index (χ1n) is 7.80. The van der Waals surface area contributed by atoms with Crippen molar-refractivity contribution in [1.82, 2.24) is 5.32 Å². The molecule has 0 fully saturated rings. The predicted molar refractivity (Wildman–Crippen MR) is 86.9 cm³/mol. The number of hydrogen-bond acceptors (Lipinski definition) is 2. The van der Waals surface area contributed by atoms with Gasteiger partial charge in [-0.2, -0.15) is 0 Å². The molecule has 2 aromatic rings. The molecule has 1 unspecified atom stereocenters. The van der Waals surface area contributed by atoms with Gasteiger partial charge in [-0.1, -0.05) is 31.5 Å². The molecular formula is C19H23NO2. The summed E-state index contributed by atoms with van der Waals surface area (Å²) in [4.78, 5) is 12.5. The first kappa shape index (κ1) is 14.9. The molecule has 3 rings (SSSR count). The zero-order valence-corrected chi connectivity index (χ0v) is 13.7. The fourth-order valence-corrected chi connectivity index (χ4v) is 3.34. The van der Waals surface area contributed by atoms with E-state index in [1.807, 2.05) is 38.1 Å². The zero-order valence-electron chi connectivity index (χ0n) is 13.7. The van der Waals surface area contributed by atoms with Gasteiger partial charge in [0.15, 0.2) is 0 Å². The fraction of sp³-hybridized carbons (Fsp3) is 0.421. The van der Waals surface area contributed by atoms with Crippen LogP contribution in [0.5, 0.6) is 0 Å². The number of aryl methyl sites for hydroxylation is 2. The minimum Gasteiger partial charge on any atom is -0.469 e. The Morgan fingerprint density at radius 2 is 1.91 bits per heavy atom. The van der Waals surface area contributed by atoms with Crippen LogP contribution in [0.25, 0.3) is 0 Å². The van der Waals surface area contributed by atoms with Crippen molar-refractivity contribution in [3.63, 3.8) is 0 Å². The highest BCUT2D eigenvalue weighted by molar-refractivity contribution is 5.94. The van der Waals surface area contributed by atoms with Gasteiger partial charge in [0.25, 0.3) is 5.91 Å². The van der Waals surface area contributed by atoms with Crippen LogP contribution in [0.2, 0.25) is 0 Å². The lowest BCUT2D eigenvalue weighted by molar-refractivity contribution is 0.0917. The van der Waals surface area contributed by atoms with Crippen LogP contribution in [0.4, 0.5) is 0 Å². The van der Waals surface area contributed by atoms with Crippen LogP contribution < -0.4 is 5.32 Å². The van der Waals surface area contributed by atoms with E-state index in [0.29, 0.717) is 5.56 Å². The van der Waals surface area contributed by atoms with Gasteiger partial charge in [0.2, 0.25) is 0 Å². The second kappa shape index (κ2) is 5.31. The summed E-state index contributed by atoms with van der Waals surface area (Å²) in [5.41, 5.74) is 4.28. The first-order chi connectivity index (χ1) is 10.4. The third-order valence-electron chi connectivity index (χ3n) is 4.47. The fourth-order valence-electron chi connectivity index (χ4n) is 3.34. The van der Waals surface area contributed by atoms with E-state index in [9.17, 15) is 4.79 Å². The summed E-state index contributed by atoms with van der Waals surface area (Å²) in [7, 11) is 0. The van der Waals surface area contributed by atoms with Crippen LogP contribution >= 0.6 is 0 Å². The lowest BCUT2D eigenvalue weighted by Gasteiger charge is -2.35. The van der Waals surface area contributed by atoms with Crippen molar-refractivity contribution in [3.05, 3.63) is 58.5 Å². The monoisotopic (exact) mass is 297 g/mol. The summed E-state index contributed by atoms with van der Waals surface area (Å²) in [6.07, 6.45) is 3.65. The van der Waals surface area contributed by atoms with Crippen LogP contribution in [0.3, 0.4) is 0 Å². The molecule has 0 saturated heterocycles. The Hall–Kier alpha value is -2.03. The van der Waals surface area contributed by atoms with E-state index in [-0.39, 0.29) is 17.4 Å². The smallest absolute Gasteiger partial charge is 0.251 e. The van der Waals surface area contributed by atoms with Crippen LogP contribution in [-0.4, -0.2) is 5.91 Å². The molecule has 116 valence electrons. The average Bonchev–Trinajstić information content (AvgIpc) is 2.79. The van der Waals surface area contributed by atoms with Crippen molar-refractivity contribution in [2.45, 2.75) is 46.6 Å². The standard InChI is InChI=1S/C19H23NO2/c1-12-5-7-14(8-6-12)18(21)20-15-9-19(3,4)10-16-17(15)13(2)11-22-16/h5-8,11,15H,9-10H2,1-4H3,(H,20,21). The minimum atomic E-state index is -0.0192. The molecular weight excluding hydrogens is 274 g/mol.